The number of benzene rings is 2. The van der Waals surface area contributed by atoms with E-state index >= 15 is 0 Å². The quantitative estimate of drug-likeness (QED) is 0.390. The van der Waals surface area contributed by atoms with Gasteiger partial charge in [-0.3, -0.25) is 14.5 Å². The Balaban J connectivity index is 1.94. The van der Waals surface area contributed by atoms with Gasteiger partial charge < -0.3 is 5.11 Å². The molecule has 1 N–H and O–H groups in total. The maximum Gasteiger partial charge on any atom is 0.301 e. The van der Waals surface area contributed by atoms with E-state index in [1.54, 1.807) is 12.1 Å². The maximum absolute atomic E-state index is 13.0. The van der Waals surface area contributed by atoms with Crippen molar-refractivity contribution >= 4 is 33.9 Å². The number of hydrogen-bond donors (Lipinski definition) is 1. The lowest BCUT2D eigenvalue weighted by Gasteiger charge is -2.23. The smallest absolute Gasteiger partial charge is 0.301 e. The molecule has 2 aromatic carbocycles. The van der Waals surface area contributed by atoms with E-state index in [2.05, 4.69) is 4.98 Å². The predicted octanol–water partition coefficient (Wildman–Crippen LogP) is 4.69. The van der Waals surface area contributed by atoms with Crippen molar-refractivity contribution in [2.75, 3.05) is 4.90 Å². The second-order valence-electron chi connectivity index (χ2n) is 7.08. The number of rotatable bonds is 3. The molecule has 0 bridgehead atoms. The molecule has 1 saturated heterocycles. The Morgan fingerprint density at radius 1 is 1.00 bits per heavy atom. The average Bonchev–Trinajstić information content (AvgIpc) is 3.18. The minimum absolute atomic E-state index is 0.0792. The van der Waals surface area contributed by atoms with Crippen molar-refractivity contribution in [1.82, 2.24) is 4.98 Å². The van der Waals surface area contributed by atoms with Crippen LogP contribution in [0.1, 0.15) is 33.3 Å². The highest BCUT2D eigenvalue weighted by Gasteiger charge is 2.48. The first-order valence-electron chi connectivity index (χ1n) is 9.25. The fourth-order valence-corrected chi connectivity index (χ4v) is 4.34. The first-order valence-corrected chi connectivity index (χ1v) is 10.1. The van der Waals surface area contributed by atoms with E-state index in [4.69, 9.17) is 0 Å². The molecule has 1 fully saturated rings. The van der Waals surface area contributed by atoms with Crippen LogP contribution in [0.3, 0.4) is 0 Å². The summed E-state index contributed by atoms with van der Waals surface area (Å²) < 4.78 is 0. The summed E-state index contributed by atoms with van der Waals surface area (Å²) >= 11 is 1.36. The SMILES string of the molecule is Cc1ccc(/C(O)=C2\C(=O)C(=O)N(c3nc(C)c(C)s3)C2c2ccccc2)cc1. The highest BCUT2D eigenvalue weighted by molar-refractivity contribution is 7.16. The van der Waals surface area contributed by atoms with Crippen molar-refractivity contribution in [1.29, 1.82) is 0 Å². The number of anilines is 1. The molecule has 0 radical (unpaired) electrons. The molecule has 4 rings (SSSR count). The molecule has 146 valence electrons. The third-order valence-corrected chi connectivity index (χ3v) is 6.18. The third kappa shape index (κ3) is 3.25. The summed E-state index contributed by atoms with van der Waals surface area (Å²) in [6.07, 6.45) is 0. The van der Waals surface area contributed by atoms with Gasteiger partial charge in [-0.15, -0.1) is 11.3 Å². The van der Waals surface area contributed by atoms with Gasteiger partial charge in [0.1, 0.15) is 5.76 Å². The number of aryl methyl sites for hydroxylation is 3. The normalized spacial score (nSPS) is 18.4. The summed E-state index contributed by atoms with van der Waals surface area (Å²) in [4.78, 5) is 32.9. The zero-order valence-electron chi connectivity index (χ0n) is 16.3. The number of aliphatic hydroxyl groups is 1. The Kier molecular flexibility index (Phi) is 4.80. The lowest BCUT2D eigenvalue weighted by atomic mass is 9.95. The molecule has 2 heterocycles. The number of ketones is 1. The largest absolute Gasteiger partial charge is 0.507 e. The second kappa shape index (κ2) is 7.29. The molecule has 1 aliphatic heterocycles. The van der Waals surface area contributed by atoms with Crippen molar-refractivity contribution in [3.63, 3.8) is 0 Å². The van der Waals surface area contributed by atoms with Gasteiger partial charge in [-0.2, -0.15) is 0 Å². The summed E-state index contributed by atoms with van der Waals surface area (Å²) in [5.41, 5.74) is 3.18. The van der Waals surface area contributed by atoms with Crippen LogP contribution < -0.4 is 4.90 Å². The van der Waals surface area contributed by atoms with Crippen molar-refractivity contribution in [2.45, 2.75) is 26.8 Å². The molecule has 1 amide bonds. The van der Waals surface area contributed by atoms with Gasteiger partial charge >= 0.3 is 5.91 Å². The number of amides is 1. The zero-order chi connectivity index (χ0) is 20.7. The number of nitrogens with zero attached hydrogens (tertiary/aromatic N) is 2. The third-order valence-electron chi connectivity index (χ3n) is 5.11. The van der Waals surface area contributed by atoms with Crippen molar-refractivity contribution in [3.8, 4) is 0 Å². The van der Waals surface area contributed by atoms with Crippen molar-refractivity contribution in [2.24, 2.45) is 0 Å². The molecule has 29 heavy (non-hydrogen) atoms. The van der Waals surface area contributed by atoms with E-state index in [0.717, 1.165) is 21.7 Å². The van der Waals surface area contributed by atoms with Gasteiger partial charge in [-0.05, 0) is 26.3 Å². The van der Waals surface area contributed by atoms with E-state index < -0.39 is 17.7 Å². The molecule has 3 aromatic rings. The van der Waals surface area contributed by atoms with E-state index in [9.17, 15) is 14.7 Å². The van der Waals surface area contributed by atoms with Gasteiger partial charge in [0.05, 0.1) is 17.3 Å². The van der Waals surface area contributed by atoms with Gasteiger partial charge in [0.15, 0.2) is 5.13 Å². The maximum atomic E-state index is 13.0. The van der Waals surface area contributed by atoms with Crippen molar-refractivity contribution in [3.05, 3.63) is 87.4 Å². The van der Waals surface area contributed by atoms with Crippen LogP contribution >= 0.6 is 11.3 Å². The van der Waals surface area contributed by atoms with Crippen LogP contribution in [-0.4, -0.2) is 21.8 Å². The summed E-state index contributed by atoms with van der Waals surface area (Å²) in [5.74, 6) is -1.56. The van der Waals surface area contributed by atoms with Crippen LogP contribution in [-0.2, 0) is 9.59 Å². The summed E-state index contributed by atoms with van der Waals surface area (Å²) in [7, 11) is 0. The standard InChI is InChI=1S/C23H20N2O3S/c1-13-9-11-17(12-10-13)20(26)18-19(16-7-5-4-6-8-16)25(22(28)21(18)27)23-24-14(2)15(3)29-23/h4-12,19,26H,1-3H3/b20-18+. The van der Waals surface area contributed by atoms with Crippen LogP contribution in [0.4, 0.5) is 5.13 Å². The molecule has 0 spiro atoms. The lowest BCUT2D eigenvalue weighted by Crippen LogP contribution is -2.29. The van der Waals surface area contributed by atoms with E-state index in [0.29, 0.717) is 10.7 Å². The summed E-state index contributed by atoms with van der Waals surface area (Å²) in [6.45, 7) is 5.74. The fourth-order valence-electron chi connectivity index (χ4n) is 3.41. The fraction of sp³-hybridized carbons (Fsp3) is 0.174. The highest BCUT2D eigenvalue weighted by atomic mass is 32.1. The van der Waals surface area contributed by atoms with Gasteiger partial charge in [-0.25, -0.2) is 4.98 Å². The number of carbonyl (C=O) groups is 2. The Morgan fingerprint density at radius 2 is 1.66 bits per heavy atom. The van der Waals surface area contributed by atoms with Crippen LogP contribution in [0, 0.1) is 20.8 Å². The summed E-state index contributed by atoms with van der Waals surface area (Å²) in [5, 5.41) is 11.5. The van der Waals surface area contributed by atoms with Crippen LogP contribution in [0.5, 0.6) is 0 Å². The molecule has 1 unspecified atom stereocenters. The number of carbonyl (C=O) groups excluding carboxylic acids is 2. The minimum Gasteiger partial charge on any atom is -0.507 e. The summed E-state index contributed by atoms with van der Waals surface area (Å²) in [6, 6.07) is 15.7. The Bertz CT molecular complexity index is 1110. The first-order chi connectivity index (χ1) is 13.9. The molecule has 1 aliphatic rings. The second-order valence-corrected chi connectivity index (χ2v) is 8.27. The van der Waals surface area contributed by atoms with Crippen LogP contribution in [0.2, 0.25) is 0 Å². The number of hydrogen-bond acceptors (Lipinski definition) is 5. The molecular formula is C23H20N2O3S. The van der Waals surface area contributed by atoms with Crippen LogP contribution in [0.25, 0.3) is 5.76 Å². The van der Waals surface area contributed by atoms with E-state index in [1.807, 2.05) is 63.2 Å². The number of aromatic nitrogens is 1. The number of thiazole rings is 1. The van der Waals surface area contributed by atoms with Crippen LogP contribution in [0.15, 0.2) is 60.2 Å². The van der Waals surface area contributed by atoms with Gasteiger partial charge in [0, 0.05) is 10.4 Å². The molecule has 6 heteroatoms. The Labute approximate surface area is 173 Å². The topological polar surface area (TPSA) is 70.5 Å². The van der Waals surface area contributed by atoms with Gasteiger partial charge in [0.25, 0.3) is 5.78 Å². The van der Waals surface area contributed by atoms with Gasteiger partial charge in [0.2, 0.25) is 0 Å². The van der Waals surface area contributed by atoms with E-state index in [-0.39, 0.29) is 11.3 Å². The van der Waals surface area contributed by atoms with Crippen molar-refractivity contribution < 1.29 is 14.7 Å². The minimum atomic E-state index is -0.734. The molecule has 1 atom stereocenters. The Hall–Kier alpha value is -3.25. The molecular weight excluding hydrogens is 384 g/mol. The molecule has 0 saturated carbocycles. The zero-order valence-corrected chi connectivity index (χ0v) is 17.2. The van der Waals surface area contributed by atoms with E-state index in [1.165, 1.54) is 16.2 Å². The predicted molar refractivity (Wildman–Crippen MR) is 114 cm³/mol. The number of Topliss-reactive ketones (excluding diaryl/α,β-unsaturated/α-hetero) is 1. The molecule has 1 aromatic heterocycles. The molecule has 0 aliphatic carbocycles. The highest BCUT2D eigenvalue weighted by Crippen LogP contribution is 2.43. The molecule has 5 nitrogen and oxygen atoms in total. The first kappa shape index (κ1) is 19.1. The van der Waals surface area contributed by atoms with Gasteiger partial charge in [-0.1, -0.05) is 60.2 Å². The Morgan fingerprint density at radius 3 is 2.24 bits per heavy atom. The number of aliphatic hydroxyl groups excluding tert-OH is 1. The average molecular weight is 404 g/mol. The monoisotopic (exact) mass is 404 g/mol. The lowest BCUT2D eigenvalue weighted by molar-refractivity contribution is -0.132.